The van der Waals surface area contributed by atoms with Crippen molar-refractivity contribution in [3.05, 3.63) is 28.5 Å². The Labute approximate surface area is 105 Å². The number of nitrogens with zero attached hydrogens (tertiary/aromatic N) is 2. The Balaban J connectivity index is 2.14. The number of rotatable bonds is 2. The molecule has 0 spiro atoms. The maximum atomic E-state index is 9.06. The largest absolute Gasteiger partial charge is 0.329 e. The fourth-order valence-corrected chi connectivity index (χ4v) is 2.66. The predicted molar refractivity (Wildman–Crippen MR) is 69.2 cm³/mol. The number of nitrogens with one attached hydrogen (secondary N) is 1. The average Bonchev–Trinajstić information content (AvgIpc) is 2.59. The first-order valence-electron chi connectivity index (χ1n) is 5.91. The minimum atomic E-state index is 0.668. The van der Waals surface area contributed by atoms with Gasteiger partial charge in [0.25, 0.3) is 0 Å². The van der Waals surface area contributed by atoms with Crippen molar-refractivity contribution >= 4 is 23.3 Å². The zero-order chi connectivity index (χ0) is 11.8. The maximum absolute atomic E-state index is 9.06. The molecule has 0 aliphatic heterocycles. The number of fused-ring (bicyclic) bond motifs is 1. The van der Waals surface area contributed by atoms with Crippen molar-refractivity contribution in [3.8, 4) is 6.07 Å². The van der Waals surface area contributed by atoms with Crippen molar-refractivity contribution in [1.82, 2.24) is 9.55 Å². The Bertz CT molecular complexity index is 655. The molecule has 1 saturated carbocycles. The molecule has 3 nitrogen and oxygen atoms in total. The van der Waals surface area contributed by atoms with E-state index in [-0.39, 0.29) is 0 Å². The lowest BCUT2D eigenvalue weighted by atomic mass is 9.85. The van der Waals surface area contributed by atoms with Crippen molar-refractivity contribution in [2.75, 3.05) is 0 Å². The van der Waals surface area contributed by atoms with Crippen LogP contribution in [0.2, 0.25) is 0 Å². The first-order valence-corrected chi connectivity index (χ1v) is 6.32. The van der Waals surface area contributed by atoms with E-state index in [0.717, 1.165) is 28.3 Å². The summed E-state index contributed by atoms with van der Waals surface area (Å²) >= 11 is 5.35. The fraction of sp³-hybridized carbons (Fsp3) is 0.385. The number of aromatic nitrogens is 2. The lowest BCUT2D eigenvalue weighted by Crippen LogP contribution is -2.17. The number of nitriles is 1. The summed E-state index contributed by atoms with van der Waals surface area (Å²) in [6, 6.07) is 7.97. The number of H-pyrrole nitrogens is 1. The highest BCUT2D eigenvalue weighted by Gasteiger charge is 2.19. The summed E-state index contributed by atoms with van der Waals surface area (Å²) in [5, 5.41) is 9.06. The van der Waals surface area contributed by atoms with Gasteiger partial charge in [-0.25, -0.2) is 0 Å². The van der Waals surface area contributed by atoms with E-state index >= 15 is 0 Å². The van der Waals surface area contributed by atoms with Gasteiger partial charge in [0.15, 0.2) is 4.77 Å². The zero-order valence-electron chi connectivity index (χ0n) is 9.44. The SMILES string of the molecule is N#Cc1cccc2c1[nH]c(=S)n2CC1CCC1. The van der Waals surface area contributed by atoms with Gasteiger partial charge in [0.05, 0.1) is 16.6 Å². The van der Waals surface area contributed by atoms with Gasteiger partial charge in [-0.3, -0.25) is 0 Å². The molecule has 1 heterocycles. The summed E-state index contributed by atoms with van der Waals surface area (Å²) in [4.78, 5) is 3.16. The second-order valence-corrected chi connectivity index (χ2v) is 5.04. The van der Waals surface area contributed by atoms with Gasteiger partial charge in [-0.15, -0.1) is 0 Å². The molecule has 1 aromatic heterocycles. The Morgan fingerprint density at radius 1 is 1.47 bits per heavy atom. The third-order valence-electron chi connectivity index (χ3n) is 3.60. The third-order valence-corrected chi connectivity index (χ3v) is 3.92. The molecule has 0 atom stereocenters. The molecule has 1 aliphatic rings. The van der Waals surface area contributed by atoms with Crippen molar-refractivity contribution in [1.29, 1.82) is 5.26 Å². The minimum absolute atomic E-state index is 0.668. The molecule has 0 saturated heterocycles. The Morgan fingerprint density at radius 2 is 2.29 bits per heavy atom. The normalized spacial score (nSPS) is 15.7. The van der Waals surface area contributed by atoms with E-state index in [0.29, 0.717) is 5.56 Å². The third kappa shape index (κ3) is 1.67. The second-order valence-electron chi connectivity index (χ2n) is 4.65. The van der Waals surface area contributed by atoms with Crippen LogP contribution < -0.4 is 0 Å². The number of imidazole rings is 1. The monoisotopic (exact) mass is 243 g/mol. The van der Waals surface area contributed by atoms with Crippen molar-refractivity contribution in [3.63, 3.8) is 0 Å². The maximum Gasteiger partial charge on any atom is 0.178 e. The van der Waals surface area contributed by atoms with E-state index in [1.807, 2.05) is 18.2 Å². The molecule has 2 aromatic rings. The smallest absolute Gasteiger partial charge is 0.178 e. The van der Waals surface area contributed by atoms with E-state index in [9.17, 15) is 0 Å². The standard InChI is InChI=1S/C13H13N3S/c14-7-10-5-2-6-11-12(10)15-13(17)16(11)8-9-3-1-4-9/h2,5-6,9H,1,3-4,8H2,(H,15,17). The van der Waals surface area contributed by atoms with Crippen LogP contribution in [-0.2, 0) is 6.54 Å². The molecule has 1 N–H and O–H groups in total. The summed E-state index contributed by atoms with van der Waals surface area (Å²) in [6.45, 7) is 0.980. The molecule has 0 bridgehead atoms. The summed E-state index contributed by atoms with van der Waals surface area (Å²) in [6.07, 6.45) is 3.93. The molecule has 3 rings (SSSR count). The highest BCUT2D eigenvalue weighted by molar-refractivity contribution is 7.71. The van der Waals surface area contributed by atoms with Gasteiger partial charge in [-0.05, 0) is 43.1 Å². The van der Waals surface area contributed by atoms with Crippen molar-refractivity contribution in [2.45, 2.75) is 25.8 Å². The van der Waals surface area contributed by atoms with Crippen LogP contribution in [0.4, 0.5) is 0 Å². The van der Waals surface area contributed by atoms with Crippen molar-refractivity contribution < 1.29 is 0 Å². The number of hydrogen-bond acceptors (Lipinski definition) is 2. The zero-order valence-corrected chi connectivity index (χ0v) is 10.3. The van der Waals surface area contributed by atoms with Gasteiger partial charge in [-0.1, -0.05) is 12.5 Å². The van der Waals surface area contributed by atoms with E-state index in [2.05, 4.69) is 15.6 Å². The number of aromatic amines is 1. The van der Waals surface area contributed by atoms with Gasteiger partial charge in [0.2, 0.25) is 0 Å². The van der Waals surface area contributed by atoms with Gasteiger partial charge in [-0.2, -0.15) is 5.26 Å². The molecule has 17 heavy (non-hydrogen) atoms. The van der Waals surface area contributed by atoms with Crippen LogP contribution in [0.5, 0.6) is 0 Å². The minimum Gasteiger partial charge on any atom is -0.329 e. The number of para-hydroxylation sites is 1. The van der Waals surface area contributed by atoms with Crippen LogP contribution >= 0.6 is 12.2 Å². The lowest BCUT2D eigenvalue weighted by molar-refractivity contribution is 0.278. The van der Waals surface area contributed by atoms with Crippen LogP contribution in [0.25, 0.3) is 11.0 Å². The van der Waals surface area contributed by atoms with Gasteiger partial charge in [0, 0.05) is 6.54 Å². The molecule has 4 heteroatoms. The molecule has 86 valence electrons. The average molecular weight is 243 g/mol. The molecule has 1 aromatic carbocycles. The van der Waals surface area contributed by atoms with Gasteiger partial charge in [0.1, 0.15) is 6.07 Å². The van der Waals surface area contributed by atoms with E-state index in [1.54, 1.807) is 0 Å². The van der Waals surface area contributed by atoms with E-state index < -0.39 is 0 Å². The molecular formula is C13H13N3S. The van der Waals surface area contributed by atoms with Crippen LogP contribution in [0.1, 0.15) is 24.8 Å². The van der Waals surface area contributed by atoms with Crippen LogP contribution in [0.3, 0.4) is 0 Å². The summed E-state index contributed by atoms with van der Waals surface area (Å²) < 4.78 is 2.87. The highest BCUT2D eigenvalue weighted by Crippen LogP contribution is 2.29. The summed E-state index contributed by atoms with van der Waals surface area (Å²) in [7, 11) is 0. The molecular weight excluding hydrogens is 230 g/mol. The van der Waals surface area contributed by atoms with Crippen LogP contribution in [0, 0.1) is 22.0 Å². The predicted octanol–water partition coefficient (Wildman–Crippen LogP) is 3.37. The topological polar surface area (TPSA) is 44.5 Å². The quantitative estimate of drug-likeness (QED) is 0.822. The van der Waals surface area contributed by atoms with Crippen LogP contribution in [0.15, 0.2) is 18.2 Å². The lowest BCUT2D eigenvalue weighted by Gasteiger charge is -2.25. The first kappa shape index (κ1) is 10.5. The highest BCUT2D eigenvalue weighted by atomic mass is 32.1. The Kier molecular flexibility index (Phi) is 2.49. The fourth-order valence-electron chi connectivity index (χ4n) is 2.39. The van der Waals surface area contributed by atoms with Gasteiger partial charge < -0.3 is 9.55 Å². The van der Waals surface area contributed by atoms with Crippen molar-refractivity contribution in [2.24, 2.45) is 5.92 Å². The summed E-state index contributed by atoms with van der Waals surface area (Å²) in [5.74, 6) is 0.756. The van der Waals surface area contributed by atoms with Crippen LogP contribution in [-0.4, -0.2) is 9.55 Å². The van der Waals surface area contributed by atoms with E-state index in [1.165, 1.54) is 19.3 Å². The second kappa shape index (κ2) is 4.01. The Hall–Kier alpha value is -1.60. The summed E-state index contributed by atoms with van der Waals surface area (Å²) in [5.41, 5.74) is 2.60. The Morgan fingerprint density at radius 3 is 2.94 bits per heavy atom. The first-order chi connectivity index (χ1) is 8.29. The number of benzene rings is 1. The van der Waals surface area contributed by atoms with E-state index in [4.69, 9.17) is 17.5 Å². The molecule has 1 fully saturated rings. The number of hydrogen-bond donors (Lipinski definition) is 1. The molecule has 0 unspecified atom stereocenters. The van der Waals surface area contributed by atoms with Gasteiger partial charge >= 0.3 is 0 Å². The molecule has 0 amide bonds. The molecule has 1 aliphatic carbocycles. The molecule has 0 radical (unpaired) electrons.